The summed E-state index contributed by atoms with van der Waals surface area (Å²) < 4.78 is 4.46. The second kappa shape index (κ2) is 10.9. The van der Waals surface area contributed by atoms with Crippen LogP contribution < -0.4 is 21.0 Å². The van der Waals surface area contributed by atoms with Gasteiger partial charge in [-0.3, -0.25) is 9.79 Å². The van der Waals surface area contributed by atoms with E-state index in [9.17, 15) is 4.79 Å². The van der Waals surface area contributed by atoms with Gasteiger partial charge in [0, 0.05) is 67.5 Å². The molecule has 0 radical (unpaired) electrons. The molecule has 1 aliphatic carbocycles. The fourth-order valence-corrected chi connectivity index (χ4v) is 4.69. The molecule has 0 spiro atoms. The minimum Gasteiger partial charge on any atom is -0.390 e. The monoisotopic (exact) mass is 438 g/mol. The van der Waals surface area contributed by atoms with Crippen LogP contribution in [-0.2, 0) is 4.79 Å². The van der Waals surface area contributed by atoms with E-state index in [-0.39, 0.29) is 23.8 Å². The van der Waals surface area contributed by atoms with Gasteiger partial charge in [0.1, 0.15) is 0 Å². The van der Waals surface area contributed by atoms with Crippen LogP contribution in [0.15, 0.2) is 40.7 Å². The Balaban J connectivity index is 1.60. The predicted octanol–water partition coefficient (Wildman–Crippen LogP) is 2.76. The lowest BCUT2D eigenvalue weighted by Crippen LogP contribution is -2.41. The number of nitrogens with zero attached hydrogens (tertiary/aromatic N) is 2. The Kier molecular flexibility index (Phi) is 8.27. The third-order valence-corrected chi connectivity index (χ3v) is 7.21. The highest BCUT2D eigenvalue weighted by atomic mass is 16.1. The first kappa shape index (κ1) is 24.2. The summed E-state index contributed by atoms with van der Waals surface area (Å²) in [6, 6.07) is -0.106. The van der Waals surface area contributed by atoms with Gasteiger partial charge in [-0.1, -0.05) is 26.0 Å². The van der Waals surface area contributed by atoms with Crippen LogP contribution in [0.5, 0.6) is 0 Å². The van der Waals surface area contributed by atoms with Crippen LogP contribution in [-0.4, -0.2) is 42.7 Å². The molecule has 6 heteroatoms. The lowest BCUT2D eigenvalue weighted by molar-refractivity contribution is -0.118. The number of nitrogens with one attached hydrogen (secondary N) is 2. The van der Waals surface area contributed by atoms with Crippen molar-refractivity contribution >= 4 is 23.5 Å². The average molecular weight is 439 g/mol. The zero-order valence-corrected chi connectivity index (χ0v) is 20.3. The summed E-state index contributed by atoms with van der Waals surface area (Å²) in [5, 5.41) is 6.56. The van der Waals surface area contributed by atoms with Crippen LogP contribution in [0.2, 0.25) is 0 Å². The van der Waals surface area contributed by atoms with E-state index >= 15 is 0 Å². The standard InChI is InChI=1S/C26H39N5O/c1-16-10-11-29-20(5)23(16)15-30-26(32)24(18(3)19(4)27)14-28-13-21-7-9-25-22(12-21)8-6-17(2)31-25/h6-7,9,11,14,16,18-19,21-23H,8,10,12-13,15,27H2,1-5H3,(H-,28,30,32)/p+1. The number of amides is 1. The van der Waals surface area contributed by atoms with E-state index in [2.05, 4.69) is 52.4 Å². The summed E-state index contributed by atoms with van der Waals surface area (Å²) >= 11 is 0. The summed E-state index contributed by atoms with van der Waals surface area (Å²) in [5.74, 6) is 1.61. The quantitative estimate of drug-likeness (QED) is 0.402. The molecule has 0 aromatic carbocycles. The number of nitrogens with two attached hydrogens (primary N) is 1. The number of fused-ring (bicyclic) bond motifs is 1. The summed E-state index contributed by atoms with van der Waals surface area (Å²) in [6.07, 6.45) is 13.6. The van der Waals surface area contributed by atoms with Gasteiger partial charge in [-0.2, -0.15) is 0 Å². The van der Waals surface area contributed by atoms with Crippen LogP contribution in [0.25, 0.3) is 0 Å². The van der Waals surface area contributed by atoms with Gasteiger partial charge in [0.05, 0.1) is 5.92 Å². The molecular formula is C26H40N5O+. The summed E-state index contributed by atoms with van der Waals surface area (Å²) in [4.78, 5) is 17.8. The van der Waals surface area contributed by atoms with Gasteiger partial charge < -0.3 is 16.4 Å². The lowest BCUT2D eigenvalue weighted by atomic mass is 9.82. The molecular weight excluding hydrogens is 398 g/mol. The van der Waals surface area contributed by atoms with Crippen LogP contribution in [0.1, 0.15) is 53.9 Å². The van der Waals surface area contributed by atoms with Crippen molar-refractivity contribution in [3.8, 4) is 0 Å². The molecule has 6 nitrogen and oxygen atoms in total. The van der Waals surface area contributed by atoms with Crippen molar-refractivity contribution < 1.29 is 4.79 Å². The fourth-order valence-electron chi connectivity index (χ4n) is 4.69. The molecule has 3 aliphatic rings. The maximum Gasteiger partial charge on any atom is 0.282 e. The van der Waals surface area contributed by atoms with E-state index in [0.29, 0.717) is 29.9 Å². The number of carbonyl (C=O) groups is 1. The predicted molar refractivity (Wildman–Crippen MR) is 135 cm³/mol. The van der Waals surface area contributed by atoms with Crippen LogP contribution in [0, 0.1) is 29.6 Å². The molecule has 0 bridgehead atoms. The van der Waals surface area contributed by atoms with Gasteiger partial charge in [0.2, 0.25) is 5.91 Å². The number of hydrogen-bond acceptors (Lipinski definition) is 4. The molecule has 174 valence electrons. The molecule has 0 aromatic heterocycles. The van der Waals surface area contributed by atoms with Crippen molar-refractivity contribution in [1.29, 1.82) is 0 Å². The molecule has 0 fully saturated rings. The van der Waals surface area contributed by atoms with E-state index in [4.69, 9.17) is 5.73 Å². The van der Waals surface area contributed by atoms with E-state index in [1.165, 1.54) is 5.71 Å². The van der Waals surface area contributed by atoms with Gasteiger partial charge in [0.15, 0.2) is 0 Å². The van der Waals surface area contributed by atoms with Gasteiger partial charge in [0.25, 0.3) is 11.9 Å². The van der Waals surface area contributed by atoms with Crippen LogP contribution in [0.3, 0.4) is 0 Å². The Morgan fingerprint density at radius 1 is 1.31 bits per heavy atom. The molecule has 4 N–H and O–H groups in total. The number of rotatable bonds is 8. The van der Waals surface area contributed by atoms with Crippen molar-refractivity contribution in [1.82, 2.24) is 15.3 Å². The smallest absolute Gasteiger partial charge is 0.282 e. The van der Waals surface area contributed by atoms with Crippen molar-refractivity contribution in [2.45, 2.75) is 59.9 Å². The molecule has 1 amide bonds. The van der Waals surface area contributed by atoms with Crippen LogP contribution in [0.4, 0.5) is 0 Å². The summed E-state index contributed by atoms with van der Waals surface area (Å²) in [5.41, 5.74) is 10.3. The van der Waals surface area contributed by atoms with Gasteiger partial charge in [-0.05, 0) is 44.6 Å². The molecule has 6 atom stereocenters. The second-order valence-electron chi connectivity index (χ2n) is 9.81. The van der Waals surface area contributed by atoms with E-state index in [0.717, 1.165) is 37.2 Å². The Morgan fingerprint density at radius 2 is 2.09 bits per heavy atom. The highest BCUT2D eigenvalue weighted by Crippen LogP contribution is 2.29. The summed E-state index contributed by atoms with van der Waals surface area (Å²) in [6.45, 7) is 11.7. The van der Waals surface area contributed by atoms with Crippen LogP contribution >= 0.6 is 0 Å². The zero-order valence-electron chi connectivity index (χ0n) is 20.3. The first-order valence-corrected chi connectivity index (χ1v) is 12.0. The van der Waals surface area contributed by atoms with E-state index in [1.807, 2.05) is 33.2 Å². The van der Waals surface area contributed by atoms with Gasteiger partial charge in [-0.25, -0.2) is 0 Å². The largest absolute Gasteiger partial charge is 0.390 e. The second-order valence-corrected chi connectivity index (χ2v) is 9.81. The van der Waals surface area contributed by atoms with E-state index in [1.54, 1.807) is 0 Å². The minimum atomic E-state index is -0.106. The van der Waals surface area contributed by atoms with Gasteiger partial charge >= 0.3 is 0 Å². The third kappa shape index (κ3) is 6.08. The highest BCUT2D eigenvalue weighted by molar-refractivity contribution is 5.99. The number of hydrogen-bond donors (Lipinski definition) is 3. The third-order valence-electron chi connectivity index (χ3n) is 7.21. The van der Waals surface area contributed by atoms with Gasteiger partial charge in [-0.15, -0.1) is 4.67 Å². The fraction of sp³-hybridized carbons (Fsp3) is 0.615. The molecule has 0 aromatic rings. The van der Waals surface area contributed by atoms with Crippen molar-refractivity contribution in [2.24, 2.45) is 40.3 Å². The SMILES string of the molecule is CC1=CCC2CC(CNC=C(C(=O)NCC3C(C)=[N+]=CCC3C)C(C)C(C)N)C=CC2=N1. The molecule has 32 heavy (non-hydrogen) atoms. The molecule has 2 heterocycles. The number of carbonyl (C=O) groups excluding carboxylic acids is 1. The molecule has 3 rings (SSSR count). The number of allylic oxidation sites excluding steroid dienone is 3. The molecule has 6 unspecified atom stereocenters. The molecule has 2 aliphatic heterocycles. The Morgan fingerprint density at radius 3 is 2.81 bits per heavy atom. The first-order valence-electron chi connectivity index (χ1n) is 12.0. The number of aliphatic imine (C=N–C) groups is 1. The Labute approximate surface area is 193 Å². The van der Waals surface area contributed by atoms with E-state index < -0.39 is 0 Å². The van der Waals surface area contributed by atoms with Crippen molar-refractivity contribution in [3.63, 3.8) is 0 Å². The summed E-state index contributed by atoms with van der Waals surface area (Å²) in [7, 11) is 0. The first-order chi connectivity index (χ1) is 15.3. The Bertz CT molecular complexity index is 888. The Hall–Kier alpha value is -2.43. The molecule has 0 saturated heterocycles. The maximum absolute atomic E-state index is 13.1. The maximum atomic E-state index is 13.1. The molecule has 0 saturated carbocycles. The average Bonchev–Trinajstić information content (AvgIpc) is 2.75. The zero-order chi connectivity index (χ0) is 23.3. The topological polar surface area (TPSA) is 93.6 Å². The normalized spacial score (nSPS) is 29.3. The van der Waals surface area contributed by atoms with Crippen molar-refractivity contribution in [2.75, 3.05) is 13.1 Å². The lowest BCUT2D eigenvalue weighted by Gasteiger charge is -2.28. The van der Waals surface area contributed by atoms with Crippen molar-refractivity contribution in [3.05, 3.63) is 35.7 Å². The minimum absolute atomic E-state index is 0.0403. The highest BCUT2D eigenvalue weighted by Gasteiger charge is 2.31.